The molecular formula is C17H21FO2. The Kier molecular flexibility index (Phi) is 2.87. The lowest BCUT2D eigenvalue weighted by Gasteiger charge is -2.50. The van der Waals surface area contributed by atoms with Crippen LogP contribution in [0.3, 0.4) is 0 Å². The molecule has 2 nitrogen and oxygen atoms in total. The smallest absolute Gasteiger partial charge is 0.155 e. The van der Waals surface area contributed by atoms with Crippen LogP contribution in [0, 0.1) is 29.6 Å². The molecule has 3 saturated carbocycles. The minimum atomic E-state index is -0.842. The summed E-state index contributed by atoms with van der Waals surface area (Å²) in [6.45, 7) is 0. The fourth-order valence-electron chi connectivity index (χ4n) is 5.56. The molecule has 0 aromatic heterocycles. The first-order valence-corrected chi connectivity index (χ1v) is 8.05. The van der Waals surface area contributed by atoms with E-state index in [0.29, 0.717) is 36.9 Å². The van der Waals surface area contributed by atoms with E-state index < -0.39 is 6.17 Å². The highest BCUT2D eigenvalue weighted by atomic mass is 19.1. The molecule has 0 N–H and O–H groups in total. The summed E-state index contributed by atoms with van der Waals surface area (Å²) in [5, 5.41) is 0. The van der Waals surface area contributed by atoms with Gasteiger partial charge < -0.3 is 0 Å². The molecule has 3 heteroatoms. The average Bonchev–Trinajstić information content (AvgIpc) is 2.80. The summed E-state index contributed by atoms with van der Waals surface area (Å²) in [7, 11) is 0. The zero-order chi connectivity index (χ0) is 13.9. The number of halogens is 1. The van der Waals surface area contributed by atoms with Gasteiger partial charge in [-0.25, -0.2) is 4.39 Å². The first kappa shape index (κ1) is 12.7. The van der Waals surface area contributed by atoms with Gasteiger partial charge in [-0.1, -0.05) is 5.57 Å². The Morgan fingerprint density at radius 1 is 0.950 bits per heavy atom. The van der Waals surface area contributed by atoms with E-state index >= 15 is 0 Å². The molecule has 108 valence electrons. The summed E-state index contributed by atoms with van der Waals surface area (Å²) in [4.78, 5) is 23.5. The maximum absolute atomic E-state index is 14.7. The molecule has 20 heavy (non-hydrogen) atoms. The molecule has 0 aliphatic heterocycles. The number of hydrogen-bond acceptors (Lipinski definition) is 2. The van der Waals surface area contributed by atoms with Crippen molar-refractivity contribution in [3.63, 3.8) is 0 Å². The summed E-state index contributed by atoms with van der Waals surface area (Å²) in [6, 6.07) is 0. The van der Waals surface area contributed by atoms with Crippen LogP contribution in [0.1, 0.15) is 44.9 Å². The number of ketones is 2. The normalized spacial score (nSPS) is 47.4. The third-order valence-electron chi connectivity index (χ3n) is 6.35. The second kappa shape index (κ2) is 4.51. The molecule has 5 unspecified atom stereocenters. The predicted octanol–water partition coefficient (Wildman–Crippen LogP) is 3.26. The van der Waals surface area contributed by atoms with E-state index in [0.717, 1.165) is 25.7 Å². The van der Waals surface area contributed by atoms with Crippen LogP contribution in [0.5, 0.6) is 0 Å². The number of hydrogen-bond donors (Lipinski definition) is 0. The SMILES string of the molecule is O=C1C=C2CCC3C4CCC(=O)C4C[C@H](F)C3C2CC1. The predicted molar refractivity (Wildman–Crippen MR) is 72.8 cm³/mol. The van der Waals surface area contributed by atoms with Crippen molar-refractivity contribution in [2.24, 2.45) is 29.6 Å². The van der Waals surface area contributed by atoms with E-state index in [2.05, 4.69) is 0 Å². The second-order valence-electron chi connectivity index (χ2n) is 7.14. The maximum atomic E-state index is 14.7. The largest absolute Gasteiger partial charge is 0.299 e. The molecular weight excluding hydrogens is 255 g/mol. The molecule has 0 radical (unpaired) electrons. The van der Waals surface area contributed by atoms with Crippen LogP contribution in [0.25, 0.3) is 0 Å². The second-order valence-corrected chi connectivity index (χ2v) is 7.14. The minimum Gasteiger partial charge on any atom is -0.299 e. The first-order chi connectivity index (χ1) is 9.65. The Balaban J connectivity index is 1.66. The minimum absolute atomic E-state index is 0.00185. The highest BCUT2D eigenvalue weighted by Gasteiger charge is 2.54. The Labute approximate surface area is 118 Å². The standard InChI is InChI=1S/C17H21FO2/c18-15-8-14-12(5-6-16(14)20)13-3-1-9-7-10(19)2-4-11(9)17(13)15/h7,11-15,17H,1-6,8H2/t11?,12?,13?,14?,15-,17?/m0/s1. The van der Waals surface area contributed by atoms with Gasteiger partial charge in [0, 0.05) is 18.8 Å². The topological polar surface area (TPSA) is 34.1 Å². The highest BCUT2D eigenvalue weighted by Crippen LogP contribution is 2.56. The van der Waals surface area contributed by atoms with Crippen molar-refractivity contribution >= 4 is 11.6 Å². The monoisotopic (exact) mass is 276 g/mol. The summed E-state index contributed by atoms with van der Waals surface area (Å²) < 4.78 is 14.7. The molecule has 0 heterocycles. The average molecular weight is 276 g/mol. The molecule has 0 saturated heterocycles. The van der Waals surface area contributed by atoms with Crippen LogP contribution >= 0.6 is 0 Å². The molecule has 0 aromatic carbocycles. The van der Waals surface area contributed by atoms with Gasteiger partial charge in [-0.2, -0.15) is 0 Å². The number of Topliss-reactive ketones (excluding diaryl/α,β-unsaturated/α-hetero) is 1. The molecule has 0 spiro atoms. The van der Waals surface area contributed by atoms with Gasteiger partial charge in [-0.05, 0) is 61.9 Å². The van der Waals surface area contributed by atoms with Crippen molar-refractivity contribution < 1.29 is 14.0 Å². The van der Waals surface area contributed by atoms with E-state index in [1.165, 1.54) is 5.57 Å². The lowest BCUT2D eigenvalue weighted by atomic mass is 9.55. The molecule has 0 amide bonds. The van der Waals surface area contributed by atoms with Crippen molar-refractivity contribution in [3.8, 4) is 0 Å². The summed E-state index contributed by atoms with van der Waals surface area (Å²) in [5.74, 6) is 1.69. The van der Waals surface area contributed by atoms with Gasteiger partial charge in [-0.3, -0.25) is 9.59 Å². The van der Waals surface area contributed by atoms with Crippen LogP contribution in [-0.2, 0) is 9.59 Å². The maximum Gasteiger partial charge on any atom is 0.155 e. The van der Waals surface area contributed by atoms with Crippen LogP contribution < -0.4 is 0 Å². The number of carbonyl (C=O) groups is 2. The van der Waals surface area contributed by atoms with Crippen molar-refractivity contribution in [2.45, 2.75) is 51.1 Å². The lowest BCUT2D eigenvalue weighted by molar-refractivity contribution is -0.125. The van der Waals surface area contributed by atoms with Crippen molar-refractivity contribution in [3.05, 3.63) is 11.6 Å². The van der Waals surface area contributed by atoms with Crippen LogP contribution in [0.4, 0.5) is 4.39 Å². The Morgan fingerprint density at radius 2 is 1.75 bits per heavy atom. The zero-order valence-corrected chi connectivity index (χ0v) is 11.7. The van der Waals surface area contributed by atoms with Crippen LogP contribution in [0.2, 0.25) is 0 Å². The molecule has 4 rings (SSSR count). The van der Waals surface area contributed by atoms with Gasteiger partial charge >= 0.3 is 0 Å². The molecule has 6 atom stereocenters. The molecule has 4 aliphatic rings. The van der Waals surface area contributed by atoms with Gasteiger partial charge in [-0.15, -0.1) is 0 Å². The Hall–Kier alpha value is -0.990. The van der Waals surface area contributed by atoms with Gasteiger partial charge in [0.2, 0.25) is 0 Å². The van der Waals surface area contributed by atoms with Gasteiger partial charge in [0.05, 0.1) is 0 Å². The van der Waals surface area contributed by atoms with Gasteiger partial charge in [0.15, 0.2) is 5.78 Å². The quantitative estimate of drug-likeness (QED) is 0.680. The Morgan fingerprint density at radius 3 is 2.60 bits per heavy atom. The van der Waals surface area contributed by atoms with E-state index in [4.69, 9.17) is 0 Å². The van der Waals surface area contributed by atoms with E-state index in [9.17, 15) is 14.0 Å². The summed E-state index contributed by atoms with van der Waals surface area (Å²) >= 11 is 0. The van der Waals surface area contributed by atoms with Gasteiger partial charge in [0.25, 0.3) is 0 Å². The van der Waals surface area contributed by atoms with Crippen molar-refractivity contribution in [1.29, 1.82) is 0 Å². The molecule has 0 bridgehead atoms. The van der Waals surface area contributed by atoms with Gasteiger partial charge in [0.1, 0.15) is 12.0 Å². The van der Waals surface area contributed by atoms with E-state index in [1.54, 1.807) is 6.08 Å². The Bertz CT molecular complexity index is 495. The van der Waals surface area contributed by atoms with E-state index in [-0.39, 0.29) is 23.5 Å². The highest BCUT2D eigenvalue weighted by molar-refractivity contribution is 5.91. The third kappa shape index (κ3) is 1.74. The van der Waals surface area contributed by atoms with E-state index in [1.807, 2.05) is 0 Å². The van der Waals surface area contributed by atoms with Crippen molar-refractivity contribution in [1.82, 2.24) is 0 Å². The number of alkyl halides is 1. The number of fused-ring (bicyclic) bond motifs is 5. The fourth-order valence-corrected chi connectivity index (χ4v) is 5.56. The number of carbonyl (C=O) groups excluding carboxylic acids is 2. The summed E-state index contributed by atoms with van der Waals surface area (Å²) in [6.07, 6.45) is 6.38. The van der Waals surface area contributed by atoms with Crippen molar-refractivity contribution in [2.75, 3.05) is 0 Å². The van der Waals surface area contributed by atoms with Crippen LogP contribution in [0.15, 0.2) is 11.6 Å². The lowest BCUT2D eigenvalue weighted by Crippen LogP contribution is -2.47. The number of rotatable bonds is 0. The zero-order valence-electron chi connectivity index (χ0n) is 11.7. The number of allylic oxidation sites excluding steroid dienone is 1. The molecule has 4 aliphatic carbocycles. The third-order valence-corrected chi connectivity index (χ3v) is 6.35. The van der Waals surface area contributed by atoms with Crippen LogP contribution in [-0.4, -0.2) is 17.7 Å². The first-order valence-electron chi connectivity index (χ1n) is 8.05. The fraction of sp³-hybridized carbons (Fsp3) is 0.765. The summed E-state index contributed by atoms with van der Waals surface area (Å²) in [5.41, 5.74) is 1.20. The molecule has 3 fully saturated rings. The molecule has 0 aromatic rings.